The Balaban J connectivity index is 2.71. The molecule has 2 rings (SSSR count). The molecular formula is C21H28O4. The van der Waals surface area contributed by atoms with Crippen molar-refractivity contribution in [1.29, 1.82) is 0 Å². The predicted octanol–water partition coefficient (Wildman–Crippen LogP) is 4.59. The third-order valence-corrected chi connectivity index (χ3v) is 4.67. The highest BCUT2D eigenvalue weighted by atomic mass is 16.5. The van der Waals surface area contributed by atoms with Crippen LogP contribution in [0.4, 0.5) is 0 Å². The molecule has 0 saturated heterocycles. The number of aliphatic hydroxyl groups excluding tert-OH is 1. The minimum Gasteiger partial charge on any atom is -0.506 e. The largest absolute Gasteiger partial charge is 0.506 e. The Hall–Kier alpha value is -2.10. The average molecular weight is 344 g/mol. The number of ether oxygens (including phenoxy) is 1. The zero-order valence-corrected chi connectivity index (χ0v) is 16.2. The molecule has 0 aromatic carbocycles. The van der Waals surface area contributed by atoms with Crippen LogP contribution in [-0.2, 0) is 14.3 Å². The molecule has 4 nitrogen and oxygen atoms in total. The second kappa shape index (κ2) is 6.32. The molecule has 0 unspecified atom stereocenters. The summed E-state index contributed by atoms with van der Waals surface area (Å²) in [6.07, 6.45) is 5.97. The van der Waals surface area contributed by atoms with Gasteiger partial charge in [0.05, 0.1) is 11.0 Å². The van der Waals surface area contributed by atoms with Gasteiger partial charge in [0.25, 0.3) is 0 Å². The van der Waals surface area contributed by atoms with Gasteiger partial charge in [0.2, 0.25) is 0 Å². The van der Waals surface area contributed by atoms with E-state index in [4.69, 9.17) is 4.74 Å². The maximum absolute atomic E-state index is 13.3. The first-order chi connectivity index (χ1) is 11.4. The number of carbonyl (C=O) groups excluding carboxylic acids is 2. The lowest BCUT2D eigenvalue weighted by Crippen LogP contribution is -2.43. The summed E-state index contributed by atoms with van der Waals surface area (Å²) >= 11 is 0. The summed E-state index contributed by atoms with van der Waals surface area (Å²) in [5.41, 5.74) is -0.178. The molecule has 1 aliphatic carbocycles. The fourth-order valence-electron chi connectivity index (χ4n) is 3.04. The van der Waals surface area contributed by atoms with E-state index in [0.717, 1.165) is 5.57 Å². The highest BCUT2D eigenvalue weighted by molar-refractivity contribution is 6.24. The van der Waals surface area contributed by atoms with Crippen molar-refractivity contribution in [3.05, 3.63) is 46.5 Å². The van der Waals surface area contributed by atoms with E-state index in [-0.39, 0.29) is 28.8 Å². The summed E-state index contributed by atoms with van der Waals surface area (Å²) in [5, 5.41) is 10.7. The van der Waals surface area contributed by atoms with Crippen molar-refractivity contribution in [1.82, 2.24) is 0 Å². The van der Waals surface area contributed by atoms with Gasteiger partial charge >= 0.3 is 0 Å². The van der Waals surface area contributed by atoms with Crippen molar-refractivity contribution in [2.45, 2.75) is 60.5 Å². The van der Waals surface area contributed by atoms with E-state index in [1.165, 1.54) is 0 Å². The van der Waals surface area contributed by atoms with Gasteiger partial charge in [-0.25, -0.2) is 0 Å². The summed E-state index contributed by atoms with van der Waals surface area (Å²) < 4.78 is 6.09. The molecule has 0 bridgehead atoms. The summed E-state index contributed by atoms with van der Waals surface area (Å²) in [5.74, 6) is -0.900. The number of allylic oxidation sites excluding steroid dienone is 5. The summed E-state index contributed by atoms with van der Waals surface area (Å²) in [6.45, 7) is 13.0. The van der Waals surface area contributed by atoms with Crippen LogP contribution in [0.3, 0.4) is 0 Å². The van der Waals surface area contributed by atoms with Crippen LogP contribution in [0.1, 0.15) is 54.9 Å². The standard InChI is InChI=1S/C21H28O4/c1-12(2)8-11-21(7)18(24)15(16(22)13(3)4)17(23)14-9-10-20(5,6)25-19(14)21/h8-10,13,23H,11H2,1-7H3/t21-/m0/s1. The summed E-state index contributed by atoms with van der Waals surface area (Å²) in [6, 6.07) is 0. The van der Waals surface area contributed by atoms with E-state index >= 15 is 0 Å². The summed E-state index contributed by atoms with van der Waals surface area (Å²) in [7, 11) is 0. The number of carbonyl (C=O) groups is 2. The first-order valence-electron chi connectivity index (χ1n) is 8.69. The number of ketones is 2. The SMILES string of the molecule is CC(C)=CC[C@@]1(C)C(=O)C(C(=O)C(C)C)=C(O)C2=C1OC(C)(C)C=C2. The van der Waals surface area contributed by atoms with E-state index in [9.17, 15) is 14.7 Å². The van der Waals surface area contributed by atoms with Crippen molar-refractivity contribution < 1.29 is 19.4 Å². The minimum atomic E-state index is -1.01. The van der Waals surface area contributed by atoms with Crippen molar-refractivity contribution >= 4 is 11.6 Å². The van der Waals surface area contributed by atoms with E-state index in [0.29, 0.717) is 17.8 Å². The molecule has 1 atom stereocenters. The number of aliphatic hydroxyl groups is 1. The quantitative estimate of drug-likeness (QED) is 0.598. The maximum Gasteiger partial charge on any atom is 0.183 e. The third kappa shape index (κ3) is 3.35. The van der Waals surface area contributed by atoms with E-state index < -0.39 is 11.0 Å². The third-order valence-electron chi connectivity index (χ3n) is 4.67. The molecule has 1 N–H and O–H groups in total. The molecule has 1 aliphatic heterocycles. The molecule has 25 heavy (non-hydrogen) atoms. The van der Waals surface area contributed by atoms with Gasteiger partial charge in [-0.15, -0.1) is 0 Å². The number of rotatable bonds is 4. The minimum absolute atomic E-state index is 0.105. The highest BCUT2D eigenvalue weighted by Gasteiger charge is 2.50. The van der Waals surface area contributed by atoms with E-state index in [1.807, 2.05) is 39.8 Å². The zero-order valence-electron chi connectivity index (χ0n) is 16.2. The Morgan fingerprint density at radius 1 is 1.28 bits per heavy atom. The lowest BCUT2D eigenvalue weighted by atomic mass is 9.69. The fourth-order valence-corrected chi connectivity index (χ4v) is 3.04. The smallest absolute Gasteiger partial charge is 0.183 e. The molecule has 0 fully saturated rings. The normalized spacial score (nSPS) is 25.0. The molecule has 2 aliphatic rings. The Bertz CT molecular complexity index is 740. The van der Waals surface area contributed by atoms with Crippen LogP contribution in [0.5, 0.6) is 0 Å². The average Bonchev–Trinajstić information content (AvgIpc) is 2.50. The maximum atomic E-state index is 13.3. The van der Waals surface area contributed by atoms with Crippen LogP contribution < -0.4 is 0 Å². The van der Waals surface area contributed by atoms with Gasteiger partial charge in [-0.3, -0.25) is 9.59 Å². The first kappa shape index (κ1) is 19.2. The van der Waals surface area contributed by atoms with Crippen molar-refractivity contribution in [2.75, 3.05) is 0 Å². The zero-order chi connectivity index (χ0) is 19.2. The Morgan fingerprint density at radius 3 is 2.40 bits per heavy atom. The van der Waals surface area contributed by atoms with E-state index in [1.54, 1.807) is 26.8 Å². The van der Waals surface area contributed by atoms with Gasteiger partial charge in [-0.1, -0.05) is 25.5 Å². The number of Topliss-reactive ketones (excluding diaryl/α,β-unsaturated/α-hetero) is 2. The van der Waals surface area contributed by atoms with Crippen molar-refractivity contribution in [3.8, 4) is 0 Å². The van der Waals surface area contributed by atoms with Gasteiger partial charge in [-0.05, 0) is 53.2 Å². The fraction of sp³-hybridized carbons (Fsp3) is 0.524. The van der Waals surface area contributed by atoms with Crippen LogP contribution >= 0.6 is 0 Å². The second-order valence-corrected chi connectivity index (χ2v) is 8.17. The van der Waals surface area contributed by atoms with Crippen molar-refractivity contribution in [2.24, 2.45) is 11.3 Å². The van der Waals surface area contributed by atoms with Gasteiger partial charge < -0.3 is 9.84 Å². The molecular weight excluding hydrogens is 316 g/mol. The van der Waals surface area contributed by atoms with Gasteiger partial charge in [0.15, 0.2) is 11.6 Å². The molecule has 1 heterocycles. The number of hydrogen-bond acceptors (Lipinski definition) is 4. The Kier molecular flexibility index (Phi) is 4.86. The monoisotopic (exact) mass is 344 g/mol. The van der Waals surface area contributed by atoms with Crippen LogP contribution in [-0.4, -0.2) is 22.3 Å². The Labute approximate surface area is 149 Å². The van der Waals surface area contributed by atoms with Crippen LogP contribution in [0.2, 0.25) is 0 Å². The summed E-state index contributed by atoms with van der Waals surface area (Å²) in [4.78, 5) is 25.9. The second-order valence-electron chi connectivity index (χ2n) is 8.17. The molecule has 0 saturated carbocycles. The lowest BCUT2D eigenvalue weighted by molar-refractivity contribution is -0.129. The molecule has 136 valence electrons. The predicted molar refractivity (Wildman–Crippen MR) is 98.0 cm³/mol. The molecule has 0 radical (unpaired) electrons. The van der Waals surface area contributed by atoms with Gasteiger partial charge in [-0.2, -0.15) is 0 Å². The number of hydrogen-bond donors (Lipinski definition) is 1. The van der Waals surface area contributed by atoms with Crippen molar-refractivity contribution in [3.63, 3.8) is 0 Å². The van der Waals surface area contributed by atoms with Crippen LogP contribution in [0.15, 0.2) is 46.5 Å². The first-order valence-corrected chi connectivity index (χ1v) is 8.69. The molecule has 0 aromatic rings. The lowest BCUT2D eigenvalue weighted by Gasteiger charge is -2.41. The Morgan fingerprint density at radius 2 is 1.88 bits per heavy atom. The molecule has 4 heteroatoms. The molecule has 0 aromatic heterocycles. The highest BCUT2D eigenvalue weighted by Crippen LogP contribution is 2.48. The van der Waals surface area contributed by atoms with Gasteiger partial charge in [0, 0.05) is 5.92 Å². The topological polar surface area (TPSA) is 63.6 Å². The van der Waals surface area contributed by atoms with Crippen LogP contribution in [0, 0.1) is 11.3 Å². The molecule has 0 amide bonds. The van der Waals surface area contributed by atoms with Crippen LogP contribution in [0.25, 0.3) is 0 Å². The van der Waals surface area contributed by atoms with Gasteiger partial charge in [0.1, 0.15) is 22.7 Å². The molecule has 0 spiro atoms. The van der Waals surface area contributed by atoms with E-state index in [2.05, 4.69) is 0 Å².